The van der Waals surface area contributed by atoms with Crippen LogP contribution in [-0.4, -0.2) is 39.3 Å². The zero-order chi connectivity index (χ0) is 23.3. The SMILES string of the molecule is Cc1c(CN2CCN=C2NC#N)sc2c1c(=O)n(C1(C)CCC1)c(=O)n2CCC(F)(F)F. The van der Waals surface area contributed by atoms with Gasteiger partial charge in [-0.2, -0.15) is 18.4 Å². The molecule has 1 saturated carbocycles. The van der Waals surface area contributed by atoms with Crippen molar-refractivity contribution in [3.63, 3.8) is 0 Å². The Morgan fingerprint density at radius 3 is 2.62 bits per heavy atom. The maximum atomic E-state index is 13.4. The predicted octanol–water partition coefficient (Wildman–Crippen LogP) is 2.63. The fourth-order valence-corrected chi connectivity index (χ4v) is 5.68. The molecule has 0 unspecified atom stereocenters. The fraction of sp³-hybridized carbons (Fsp3) is 0.600. The number of hydrogen-bond acceptors (Lipinski definition) is 7. The summed E-state index contributed by atoms with van der Waals surface area (Å²) in [5, 5.41) is 11.7. The third kappa shape index (κ3) is 3.79. The van der Waals surface area contributed by atoms with Gasteiger partial charge < -0.3 is 4.90 Å². The number of hydrogen-bond donors (Lipinski definition) is 1. The normalized spacial score (nSPS) is 17.9. The first kappa shape index (κ1) is 22.4. The second-order valence-electron chi connectivity index (χ2n) is 8.48. The summed E-state index contributed by atoms with van der Waals surface area (Å²) in [6.45, 7) is 4.44. The molecule has 0 aromatic carbocycles. The topological polar surface area (TPSA) is 95.4 Å². The van der Waals surface area contributed by atoms with Gasteiger partial charge in [-0.05, 0) is 38.7 Å². The second kappa shape index (κ2) is 7.95. The minimum absolute atomic E-state index is 0.266. The first-order valence-corrected chi connectivity index (χ1v) is 11.2. The van der Waals surface area contributed by atoms with Gasteiger partial charge >= 0.3 is 11.9 Å². The maximum Gasteiger partial charge on any atom is 0.390 e. The molecule has 0 spiro atoms. The second-order valence-corrected chi connectivity index (χ2v) is 9.57. The van der Waals surface area contributed by atoms with Crippen LogP contribution in [0, 0.1) is 18.4 Å². The van der Waals surface area contributed by atoms with Crippen molar-refractivity contribution in [1.82, 2.24) is 19.4 Å². The van der Waals surface area contributed by atoms with Gasteiger partial charge in [-0.3, -0.25) is 24.2 Å². The molecular weight excluding hydrogens is 445 g/mol. The van der Waals surface area contributed by atoms with Crippen LogP contribution in [0.3, 0.4) is 0 Å². The lowest BCUT2D eigenvalue weighted by Gasteiger charge is -2.39. The minimum atomic E-state index is -4.42. The van der Waals surface area contributed by atoms with Gasteiger partial charge in [-0.1, -0.05) is 0 Å². The summed E-state index contributed by atoms with van der Waals surface area (Å²) in [6.07, 6.45) is -1.61. The molecule has 0 atom stereocenters. The minimum Gasteiger partial charge on any atom is -0.335 e. The van der Waals surface area contributed by atoms with E-state index in [1.165, 1.54) is 4.57 Å². The summed E-state index contributed by atoms with van der Waals surface area (Å²) in [4.78, 5) is 33.8. The predicted molar refractivity (Wildman–Crippen MR) is 115 cm³/mol. The Hall–Kier alpha value is -2.81. The van der Waals surface area contributed by atoms with Crippen molar-refractivity contribution in [1.29, 1.82) is 5.26 Å². The van der Waals surface area contributed by atoms with E-state index in [9.17, 15) is 22.8 Å². The molecule has 0 bridgehead atoms. The molecule has 1 aliphatic carbocycles. The van der Waals surface area contributed by atoms with Crippen molar-refractivity contribution in [3.05, 3.63) is 31.3 Å². The highest BCUT2D eigenvalue weighted by atomic mass is 32.1. The largest absolute Gasteiger partial charge is 0.390 e. The molecule has 2 aromatic heterocycles. The number of rotatable bonds is 5. The number of aliphatic imine (C=N–C) groups is 1. The molecule has 12 heteroatoms. The van der Waals surface area contributed by atoms with E-state index in [4.69, 9.17) is 5.26 Å². The van der Waals surface area contributed by atoms with E-state index in [0.717, 1.165) is 27.2 Å². The summed E-state index contributed by atoms with van der Waals surface area (Å²) in [7, 11) is 0. The highest BCUT2D eigenvalue weighted by Crippen LogP contribution is 2.38. The van der Waals surface area contributed by atoms with E-state index in [2.05, 4.69) is 10.3 Å². The number of fused-ring (bicyclic) bond motifs is 1. The molecule has 2 aromatic rings. The van der Waals surface area contributed by atoms with Crippen molar-refractivity contribution in [2.45, 2.75) is 64.3 Å². The van der Waals surface area contributed by atoms with Crippen LogP contribution >= 0.6 is 11.3 Å². The molecule has 3 heterocycles. The molecule has 2 aliphatic rings. The summed E-state index contributed by atoms with van der Waals surface area (Å²) in [5.41, 5.74) is -1.16. The molecule has 0 radical (unpaired) electrons. The maximum absolute atomic E-state index is 13.4. The zero-order valence-electron chi connectivity index (χ0n) is 17.8. The van der Waals surface area contributed by atoms with Crippen LogP contribution in [0.5, 0.6) is 0 Å². The Morgan fingerprint density at radius 2 is 2.03 bits per heavy atom. The number of guanidine groups is 1. The van der Waals surface area contributed by atoms with E-state index < -0.39 is 35.9 Å². The Bertz CT molecular complexity index is 1250. The number of halogens is 3. The number of alkyl halides is 3. The average Bonchev–Trinajstić information content (AvgIpc) is 3.24. The van der Waals surface area contributed by atoms with E-state index in [0.29, 0.717) is 49.4 Å². The molecular formula is C20H23F3N6O2S. The molecule has 1 fully saturated rings. The van der Waals surface area contributed by atoms with Crippen molar-refractivity contribution < 1.29 is 13.2 Å². The van der Waals surface area contributed by atoms with Crippen LogP contribution in [0.25, 0.3) is 10.2 Å². The van der Waals surface area contributed by atoms with E-state index in [1.807, 2.05) is 18.0 Å². The first-order chi connectivity index (χ1) is 15.1. The lowest BCUT2D eigenvalue weighted by atomic mass is 9.78. The Morgan fingerprint density at radius 1 is 1.31 bits per heavy atom. The standard InChI is InChI=1S/C20H23F3N6O2S/c1-12-13(10-27-9-7-25-17(27)26-11-24)32-16-14(12)15(30)29(19(2)4-3-5-19)18(31)28(16)8-6-20(21,22)23/h3-10H2,1-2H3,(H,25,26). The van der Waals surface area contributed by atoms with Crippen LogP contribution < -0.4 is 16.6 Å². The van der Waals surface area contributed by atoms with Crippen molar-refractivity contribution in [2.75, 3.05) is 13.1 Å². The van der Waals surface area contributed by atoms with Gasteiger partial charge in [0.25, 0.3) is 5.56 Å². The highest BCUT2D eigenvalue weighted by molar-refractivity contribution is 7.18. The van der Waals surface area contributed by atoms with Gasteiger partial charge in [0.1, 0.15) is 4.83 Å². The molecule has 8 nitrogen and oxygen atoms in total. The van der Waals surface area contributed by atoms with Gasteiger partial charge in [-0.15, -0.1) is 11.3 Å². The summed E-state index contributed by atoms with van der Waals surface area (Å²) in [5.74, 6) is 0.415. The number of nitriles is 1. The van der Waals surface area contributed by atoms with Crippen LogP contribution in [0.15, 0.2) is 14.6 Å². The van der Waals surface area contributed by atoms with Gasteiger partial charge in [0.2, 0.25) is 5.96 Å². The highest BCUT2D eigenvalue weighted by Gasteiger charge is 2.38. The first-order valence-electron chi connectivity index (χ1n) is 10.4. The average molecular weight is 469 g/mol. The molecule has 1 aliphatic heterocycles. The van der Waals surface area contributed by atoms with Gasteiger partial charge in [-0.25, -0.2) is 4.79 Å². The third-order valence-corrected chi connectivity index (χ3v) is 7.63. The van der Waals surface area contributed by atoms with E-state index >= 15 is 0 Å². The van der Waals surface area contributed by atoms with Crippen LogP contribution in [0.4, 0.5) is 13.2 Å². The van der Waals surface area contributed by atoms with Crippen LogP contribution in [-0.2, 0) is 18.6 Å². The monoisotopic (exact) mass is 468 g/mol. The Kier molecular flexibility index (Phi) is 5.56. The number of nitrogens with zero attached hydrogens (tertiary/aromatic N) is 5. The summed E-state index contributed by atoms with van der Waals surface area (Å²) < 4.78 is 41.3. The lowest BCUT2D eigenvalue weighted by molar-refractivity contribution is -0.136. The third-order valence-electron chi connectivity index (χ3n) is 6.33. The number of thiophene rings is 1. The molecule has 172 valence electrons. The van der Waals surface area contributed by atoms with Crippen molar-refractivity contribution >= 4 is 27.5 Å². The van der Waals surface area contributed by atoms with Gasteiger partial charge in [0, 0.05) is 23.5 Å². The molecule has 32 heavy (non-hydrogen) atoms. The van der Waals surface area contributed by atoms with Crippen molar-refractivity contribution in [2.24, 2.45) is 4.99 Å². The molecule has 0 saturated heterocycles. The fourth-order valence-electron chi connectivity index (χ4n) is 4.35. The zero-order valence-corrected chi connectivity index (χ0v) is 18.6. The Labute approximate surface area is 185 Å². The lowest BCUT2D eigenvalue weighted by Crippen LogP contribution is -2.53. The van der Waals surface area contributed by atoms with Crippen LogP contribution in [0.1, 0.15) is 43.0 Å². The molecule has 0 amide bonds. The summed E-state index contributed by atoms with van der Waals surface area (Å²) in [6, 6.07) is 0. The van der Waals surface area contributed by atoms with E-state index in [1.54, 1.807) is 6.92 Å². The quantitative estimate of drug-likeness (QED) is 0.538. The van der Waals surface area contributed by atoms with Crippen LogP contribution in [0.2, 0.25) is 0 Å². The summed E-state index contributed by atoms with van der Waals surface area (Å²) >= 11 is 1.16. The number of nitrogens with one attached hydrogen (secondary N) is 1. The number of aryl methyl sites for hydroxylation is 2. The van der Waals surface area contributed by atoms with Crippen molar-refractivity contribution in [3.8, 4) is 6.19 Å². The smallest absolute Gasteiger partial charge is 0.335 e. The molecule has 1 N–H and O–H groups in total. The van der Waals surface area contributed by atoms with E-state index in [-0.39, 0.29) is 4.83 Å². The Balaban J connectivity index is 1.86. The van der Waals surface area contributed by atoms with Gasteiger partial charge in [0.15, 0.2) is 6.19 Å². The number of aromatic nitrogens is 2. The van der Waals surface area contributed by atoms with Gasteiger partial charge in [0.05, 0.1) is 24.9 Å². The molecule has 4 rings (SSSR count).